The Bertz CT molecular complexity index is 185. The molecule has 0 aromatic carbocycles. The molecule has 0 radical (unpaired) electrons. The van der Waals surface area contributed by atoms with Gasteiger partial charge in [0.15, 0.2) is 0 Å². The van der Waals surface area contributed by atoms with Crippen molar-refractivity contribution < 1.29 is 4.74 Å². The molecule has 96 valence electrons. The molecule has 2 atom stereocenters. The van der Waals surface area contributed by atoms with E-state index in [0.29, 0.717) is 18.1 Å². The van der Waals surface area contributed by atoms with Crippen molar-refractivity contribution >= 4 is 0 Å². The van der Waals surface area contributed by atoms with E-state index in [-0.39, 0.29) is 0 Å². The van der Waals surface area contributed by atoms with Crippen LogP contribution in [-0.2, 0) is 4.74 Å². The number of ether oxygens (including phenoxy) is 1. The van der Waals surface area contributed by atoms with Crippen molar-refractivity contribution in [1.82, 2.24) is 10.2 Å². The van der Waals surface area contributed by atoms with Gasteiger partial charge in [-0.2, -0.15) is 0 Å². The fourth-order valence-electron chi connectivity index (χ4n) is 2.36. The van der Waals surface area contributed by atoms with Crippen LogP contribution >= 0.6 is 0 Å². The lowest BCUT2D eigenvalue weighted by molar-refractivity contribution is -0.0407. The summed E-state index contributed by atoms with van der Waals surface area (Å²) in [5.41, 5.74) is 0. The maximum Gasteiger partial charge on any atom is 0.0674 e. The number of rotatable bonds is 6. The van der Waals surface area contributed by atoms with Crippen LogP contribution in [0.1, 0.15) is 34.1 Å². The summed E-state index contributed by atoms with van der Waals surface area (Å²) in [5, 5.41) is 3.55. The minimum Gasteiger partial charge on any atom is -0.376 e. The molecular formula is C13H28N2O. The summed E-state index contributed by atoms with van der Waals surface area (Å²) in [7, 11) is 0. The van der Waals surface area contributed by atoms with E-state index < -0.39 is 0 Å². The number of hydrogen-bond donors (Lipinski definition) is 1. The SMILES string of the molecule is CCCNCC(C(C)C)N1CCOC(C)C1. The Balaban J connectivity index is 2.41. The van der Waals surface area contributed by atoms with E-state index in [2.05, 4.69) is 37.9 Å². The molecule has 1 saturated heterocycles. The van der Waals surface area contributed by atoms with Gasteiger partial charge in [-0.1, -0.05) is 20.8 Å². The second-order valence-corrected chi connectivity index (χ2v) is 5.19. The molecule has 0 aliphatic carbocycles. The number of nitrogens with zero attached hydrogens (tertiary/aromatic N) is 1. The highest BCUT2D eigenvalue weighted by Gasteiger charge is 2.25. The molecule has 0 spiro atoms. The van der Waals surface area contributed by atoms with Crippen molar-refractivity contribution in [1.29, 1.82) is 0 Å². The lowest BCUT2D eigenvalue weighted by Gasteiger charge is -2.39. The van der Waals surface area contributed by atoms with Crippen LogP contribution in [0.5, 0.6) is 0 Å². The van der Waals surface area contributed by atoms with Gasteiger partial charge in [-0.3, -0.25) is 4.90 Å². The fourth-order valence-corrected chi connectivity index (χ4v) is 2.36. The zero-order valence-corrected chi connectivity index (χ0v) is 11.3. The van der Waals surface area contributed by atoms with E-state index in [1.54, 1.807) is 0 Å². The Morgan fingerprint density at radius 2 is 2.19 bits per heavy atom. The third-order valence-electron chi connectivity index (χ3n) is 3.29. The third-order valence-corrected chi connectivity index (χ3v) is 3.29. The first-order valence-corrected chi connectivity index (χ1v) is 6.71. The minimum absolute atomic E-state index is 0.390. The normalized spacial score (nSPS) is 24.9. The molecule has 0 amide bonds. The molecule has 0 aromatic rings. The standard InChI is InChI=1S/C13H28N2O/c1-5-6-14-9-13(11(2)3)15-7-8-16-12(4)10-15/h11-14H,5-10H2,1-4H3. The first-order valence-electron chi connectivity index (χ1n) is 6.71. The van der Waals surface area contributed by atoms with Crippen molar-refractivity contribution in [2.24, 2.45) is 5.92 Å². The lowest BCUT2D eigenvalue weighted by atomic mass is 10.0. The summed E-state index contributed by atoms with van der Waals surface area (Å²) in [6, 6.07) is 0.651. The summed E-state index contributed by atoms with van der Waals surface area (Å²) in [6.45, 7) is 14.3. The number of morpholine rings is 1. The van der Waals surface area contributed by atoms with Gasteiger partial charge in [-0.15, -0.1) is 0 Å². The van der Waals surface area contributed by atoms with E-state index in [0.717, 1.165) is 32.8 Å². The zero-order valence-electron chi connectivity index (χ0n) is 11.3. The number of hydrogen-bond acceptors (Lipinski definition) is 3. The minimum atomic E-state index is 0.390. The molecule has 1 rings (SSSR count). The van der Waals surface area contributed by atoms with E-state index in [1.165, 1.54) is 6.42 Å². The molecule has 0 saturated carbocycles. The average Bonchev–Trinajstić information content (AvgIpc) is 2.24. The maximum absolute atomic E-state index is 5.60. The van der Waals surface area contributed by atoms with Crippen LogP contribution in [-0.4, -0.2) is 49.8 Å². The number of nitrogens with one attached hydrogen (secondary N) is 1. The van der Waals surface area contributed by atoms with Gasteiger partial charge in [-0.25, -0.2) is 0 Å². The van der Waals surface area contributed by atoms with Gasteiger partial charge in [-0.05, 0) is 25.8 Å². The van der Waals surface area contributed by atoms with Gasteiger partial charge in [0.25, 0.3) is 0 Å². The summed E-state index contributed by atoms with van der Waals surface area (Å²) in [5.74, 6) is 0.703. The van der Waals surface area contributed by atoms with Gasteiger partial charge in [0.2, 0.25) is 0 Å². The second-order valence-electron chi connectivity index (χ2n) is 5.19. The largest absolute Gasteiger partial charge is 0.376 e. The van der Waals surface area contributed by atoms with E-state index in [1.807, 2.05) is 0 Å². The molecule has 0 bridgehead atoms. The van der Waals surface area contributed by atoms with Gasteiger partial charge >= 0.3 is 0 Å². The van der Waals surface area contributed by atoms with E-state index in [4.69, 9.17) is 4.74 Å². The molecular weight excluding hydrogens is 200 g/mol. The topological polar surface area (TPSA) is 24.5 Å². The Labute approximate surface area is 101 Å². The van der Waals surface area contributed by atoms with Crippen LogP contribution in [0.3, 0.4) is 0 Å². The van der Waals surface area contributed by atoms with E-state index >= 15 is 0 Å². The molecule has 0 aromatic heterocycles. The molecule has 1 heterocycles. The summed E-state index contributed by atoms with van der Waals surface area (Å²) in [6.07, 6.45) is 1.60. The first-order chi connectivity index (χ1) is 7.65. The lowest BCUT2D eigenvalue weighted by Crippen LogP contribution is -2.52. The Kier molecular flexibility index (Phi) is 6.32. The molecule has 1 N–H and O–H groups in total. The van der Waals surface area contributed by atoms with E-state index in [9.17, 15) is 0 Å². The van der Waals surface area contributed by atoms with Crippen molar-refractivity contribution in [2.45, 2.75) is 46.3 Å². The van der Waals surface area contributed by atoms with Crippen LogP contribution in [0.2, 0.25) is 0 Å². The fraction of sp³-hybridized carbons (Fsp3) is 1.00. The molecule has 1 aliphatic rings. The van der Waals surface area contributed by atoms with Crippen LogP contribution in [0.25, 0.3) is 0 Å². The Morgan fingerprint density at radius 3 is 2.75 bits per heavy atom. The van der Waals surface area contributed by atoms with Crippen molar-refractivity contribution in [3.63, 3.8) is 0 Å². The quantitative estimate of drug-likeness (QED) is 0.701. The molecule has 3 heteroatoms. The predicted octanol–water partition coefficient (Wildman–Crippen LogP) is 1.73. The molecule has 3 nitrogen and oxygen atoms in total. The van der Waals surface area contributed by atoms with Crippen molar-refractivity contribution in [3.05, 3.63) is 0 Å². The monoisotopic (exact) mass is 228 g/mol. The van der Waals surface area contributed by atoms with Crippen LogP contribution in [0, 0.1) is 5.92 Å². The van der Waals surface area contributed by atoms with Gasteiger partial charge < -0.3 is 10.1 Å². The predicted molar refractivity (Wildman–Crippen MR) is 68.8 cm³/mol. The zero-order chi connectivity index (χ0) is 12.0. The first kappa shape index (κ1) is 13.9. The molecule has 16 heavy (non-hydrogen) atoms. The Hall–Kier alpha value is -0.120. The van der Waals surface area contributed by atoms with Crippen LogP contribution in [0.15, 0.2) is 0 Å². The second kappa shape index (κ2) is 7.25. The van der Waals surface area contributed by atoms with Crippen molar-refractivity contribution in [2.75, 3.05) is 32.8 Å². The Morgan fingerprint density at radius 1 is 1.44 bits per heavy atom. The highest BCUT2D eigenvalue weighted by atomic mass is 16.5. The highest BCUT2D eigenvalue weighted by Crippen LogP contribution is 2.14. The summed E-state index contributed by atoms with van der Waals surface area (Å²) in [4.78, 5) is 2.58. The van der Waals surface area contributed by atoms with Crippen LogP contribution in [0.4, 0.5) is 0 Å². The third kappa shape index (κ3) is 4.40. The smallest absolute Gasteiger partial charge is 0.0674 e. The van der Waals surface area contributed by atoms with Gasteiger partial charge in [0.1, 0.15) is 0 Å². The average molecular weight is 228 g/mol. The highest BCUT2D eigenvalue weighted by molar-refractivity contribution is 4.80. The summed E-state index contributed by atoms with van der Waals surface area (Å²) < 4.78 is 5.60. The summed E-state index contributed by atoms with van der Waals surface area (Å²) >= 11 is 0. The molecule has 1 fully saturated rings. The van der Waals surface area contributed by atoms with Gasteiger partial charge in [0.05, 0.1) is 12.7 Å². The molecule has 2 unspecified atom stereocenters. The van der Waals surface area contributed by atoms with Crippen molar-refractivity contribution in [3.8, 4) is 0 Å². The molecule has 1 aliphatic heterocycles. The van der Waals surface area contributed by atoms with Crippen LogP contribution < -0.4 is 5.32 Å². The van der Waals surface area contributed by atoms with Gasteiger partial charge in [0, 0.05) is 25.7 Å². The maximum atomic E-state index is 5.60.